The minimum Gasteiger partial charge on any atom is -0.497 e. The monoisotopic (exact) mass is 652 g/mol. The maximum atomic E-state index is 14.8. The quantitative estimate of drug-likeness (QED) is 0.201. The summed E-state index contributed by atoms with van der Waals surface area (Å²) in [7, 11) is 3.26. The number of aromatic nitrogens is 2. The van der Waals surface area contributed by atoms with Crippen LogP contribution in [0.3, 0.4) is 0 Å². The summed E-state index contributed by atoms with van der Waals surface area (Å²) in [5.41, 5.74) is 4.18. The first-order chi connectivity index (χ1) is 22.7. The van der Waals surface area contributed by atoms with E-state index in [4.69, 9.17) is 9.47 Å². The first-order valence-corrected chi connectivity index (χ1v) is 16.4. The molecule has 254 valence electrons. The van der Waals surface area contributed by atoms with Crippen LogP contribution in [0.5, 0.6) is 11.5 Å². The highest BCUT2D eigenvalue weighted by atomic mass is 16.5. The molecule has 0 saturated carbocycles. The van der Waals surface area contributed by atoms with E-state index >= 15 is 0 Å². The molecule has 1 amide bonds. The fraction of sp³-hybridized carbons (Fsp3) is 0.410. The van der Waals surface area contributed by atoms with E-state index in [2.05, 4.69) is 43.3 Å². The Kier molecular flexibility index (Phi) is 9.74. The summed E-state index contributed by atoms with van der Waals surface area (Å²) in [6, 6.07) is 21.3. The van der Waals surface area contributed by atoms with Crippen LogP contribution in [0.25, 0.3) is 5.69 Å². The van der Waals surface area contributed by atoms with Crippen molar-refractivity contribution in [3.8, 4) is 17.2 Å². The van der Waals surface area contributed by atoms with Crippen LogP contribution < -0.4 is 14.8 Å². The van der Waals surface area contributed by atoms with Crippen molar-refractivity contribution in [2.75, 3.05) is 14.2 Å². The predicted molar refractivity (Wildman–Crippen MR) is 187 cm³/mol. The van der Waals surface area contributed by atoms with Crippen LogP contribution >= 0.6 is 0 Å². The van der Waals surface area contributed by atoms with Crippen LogP contribution in [0.15, 0.2) is 79.0 Å². The summed E-state index contributed by atoms with van der Waals surface area (Å²) in [6.07, 6.45) is 1.54. The third-order valence-corrected chi connectivity index (χ3v) is 9.53. The minimum absolute atomic E-state index is 0.0688. The van der Waals surface area contributed by atoms with E-state index in [9.17, 15) is 14.7 Å². The lowest BCUT2D eigenvalue weighted by Gasteiger charge is -2.35. The summed E-state index contributed by atoms with van der Waals surface area (Å²) >= 11 is 0. The SMILES string of the molecule is COc1ccc(-n2ncc(C(=O)N3[C@H](C(=O)O)[C@@H](C(C)(C)C)[C@H](NCc4cc(C(C)(C)C)ccc4OC)[C@@H]3c3ccccc3)c2C)cc1. The van der Waals surface area contributed by atoms with Crippen molar-refractivity contribution in [3.63, 3.8) is 0 Å². The molecule has 4 aromatic rings. The third-order valence-electron chi connectivity index (χ3n) is 9.53. The number of nitrogens with zero attached hydrogens (tertiary/aromatic N) is 3. The lowest BCUT2D eigenvalue weighted by Crippen LogP contribution is -2.48. The standard InChI is InChI=1S/C39H48N4O5/c1-24-30(23-41-43(24)28-16-18-29(47-8)19-17-28)36(44)42-34(25-13-11-10-12-14-25)33(32(39(5,6)7)35(42)37(45)46)40-22-26-21-27(38(2,3)4)15-20-31(26)48-9/h10-21,23,32-35,40H,22H2,1-9H3,(H,45,46)/t32-,33-,34-,35-/m0/s1. The molecular weight excluding hydrogens is 604 g/mol. The summed E-state index contributed by atoms with van der Waals surface area (Å²) in [5.74, 6) is -0.402. The zero-order valence-corrected chi connectivity index (χ0v) is 29.4. The van der Waals surface area contributed by atoms with Gasteiger partial charge in [0.25, 0.3) is 5.91 Å². The number of likely N-dealkylation sites (tertiary alicyclic amines) is 1. The molecule has 9 heteroatoms. The molecule has 1 fully saturated rings. The normalized spacial score (nSPS) is 19.7. The number of carbonyl (C=O) groups excluding carboxylic acids is 1. The van der Waals surface area contributed by atoms with E-state index in [0.29, 0.717) is 23.6 Å². The largest absolute Gasteiger partial charge is 0.497 e. The highest BCUT2D eigenvalue weighted by molar-refractivity contribution is 5.98. The molecule has 2 N–H and O–H groups in total. The fourth-order valence-corrected chi connectivity index (χ4v) is 7.06. The Bertz CT molecular complexity index is 1750. The molecule has 5 rings (SSSR count). The van der Waals surface area contributed by atoms with Crippen molar-refractivity contribution in [2.45, 2.75) is 78.6 Å². The number of rotatable bonds is 9. The second-order valence-electron chi connectivity index (χ2n) is 14.7. The van der Waals surface area contributed by atoms with Gasteiger partial charge in [-0.2, -0.15) is 5.10 Å². The number of benzene rings is 3. The van der Waals surface area contributed by atoms with Gasteiger partial charge >= 0.3 is 5.97 Å². The zero-order chi connectivity index (χ0) is 35.0. The molecule has 4 atom stereocenters. The van der Waals surface area contributed by atoms with Crippen molar-refractivity contribution in [3.05, 3.63) is 107 Å². The molecule has 1 aliphatic rings. The molecule has 1 aliphatic heterocycles. The topological polar surface area (TPSA) is 106 Å². The number of amides is 1. The maximum Gasteiger partial charge on any atom is 0.326 e. The summed E-state index contributed by atoms with van der Waals surface area (Å²) in [5, 5.41) is 19.2. The smallest absolute Gasteiger partial charge is 0.326 e. The Morgan fingerprint density at radius 2 is 1.58 bits per heavy atom. The number of nitrogens with one attached hydrogen (secondary N) is 1. The molecule has 3 aromatic carbocycles. The Morgan fingerprint density at radius 3 is 2.15 bits per heavy atom. The molecular formula is C39H48N4O5. The Morgan fingerprint density at radius 1 is 0.917 bits per heavy atom. The van der Waals surface area contributed by atoms with E-state index in [-0.39, 0.29) is 11.3 Å². The molecule has 1 saturated heterocycles. The highest BCUT2D eigenvalue weighted by Crippen LogP contribution is 2.49. The van der Waals surface area contributed by atoms with Crippen LogP contribution in [-0.2, 0) is 16.8 Å². The molecule has 48 heavy (non-hydrogen) atoms. The number of carbonyl (C=O) groups is 2. The van der Waals surface area contributed by atoms with Gasteiger partial charge in [0.1, 0.15) is 17.5 Å². The lowest BCUT2D eigenvalue weighted by atomic mass is 9.72. The average molecular weight is 653 g/mol. The Labute approximate surface area is 283 Å². The lowest BCUT2D eigenvalue weighted by molar-refractivity contribution is -0.144. The Hall–Kier alpha value is -4.63. The predicted octanol–water partition coefficient (Wildman–Crippen LogP) is 6.97. The molecule has 0 bridgehead atoms. The van der Waals surface area contributed by atoms with Crippen LogP contribution in [0.4, 0.5) is 0 Å². The van der Waals surface area contributed by atoms with Gasteiger partial charge in [-0.15, -0.1) is 0 Å². The van der Waals surface area contributed by atoms with E-state index in [1.807, 2.05) is 88.4 Å². The number of carboxylic acid groups (broad SMARTS) is 1. The van der Waals surface area contributed by atoms with Gasteiger partial charge in [-0.25, -0.2) is 9.48 Å². The number of hydrogen-bond acceptors (Lipinski definition) is 6. The van der Waals surface area contributed by atoms with Crippen molar-refractivity contribution >= 4 is 11.9 Å². The van der Waals surface area contributed by atoms with Gasteiger partial charge in [-0.1, -0.05) is 84.0 Å². The van der Waals surface area contributed by atoms with Crippen molar-refractivity contribution in [2.24, 2.45) is 11.3 Å². The van der Waals surface area contributed by atoms with E-state index < -0.39 is 35.4 Å². The third kappa shape index (κ3) is 6.69. The van der Waals surface area contributed by atoms with Crippen molar-refractivity contribution < 1.29 is 24.2 Å². The minimum atomic E-state index is -1.10. The van der Waals surface area contributed by atoms with Crippen molar-refractivity contribution in [1.82, 2.24) is 20.0 Å². The molecule has 1 aromatic heterocycles. The van der Waals surface area contributed by atoms with Gasteiger partial charge in [0.15, 0.2) is 0 Å². The summed E-state index contributed by atoms with van der Waals surface area (Å²) < 4.78 is 12.8. The summed E-state index contributed by atoms with van der Waals surface area (Å²) in [6.45, 7) is 14.9. The van der Waals surface area contributed by atoms with E-state index in [0.717, 1.165) is 22.6 Å². The Balaban J connectivity index is 1.62. The second-order valence-corrected chi connectivity index (χ2v) is 14.7. The van der Waals surface area contributed by atoms with Crippen LogP contribution in [0.2, 0.25) is 0 Å². The molecule has 0 radical (unpaired) electrons. The van der Waals surface area contributed by atoms with Gasteiger partial charge in [-0.3, -0.25) is 4.79 Å². The fourth-order valence-electron chi connectivity index (χ4n) is 7.06. The molecule has 0 spiro atoms. The molecule has 0 unspecified atom stereocenters. The molecule has 2 heterocycles. The van der Waals surface area contributed by atoms with Gasteiger partial charge in [0.05, 0.1) is 43.4 Å². The number of hydrogen-bond donors (Lipinski definition) is 2. The van der Waals surface area contributed by atoms with E-state index in [1.165, 1.54) is 5.56 Å². The van der Waals surface area contributed by atoms with Gasteiger partial charge in [0.2, 0.25) is 0 Å². The highest BCUT2D eigenvalue weighted by Gasteiger charge is 2.58. The van der Waals surface area contributed by atoms with Gasteiger partial charge in [0, 0.05) is 24.1 Å². The number of methoxy groups -OCH3 is 2. The van der Waals surface area contributed by atoms with Crippen molar-refractivity contribution in [1.29, 1.82) is 0 Å². The maximum absolute atomic E-state index is 14.8. The summed E-state index contributed by atoms with van der Waals surface area (Å²) in [4.78, 5) is 29.7. The first-order valence-electron chi connectivity index (χ1n) is 16.4. The average Bonchev–Trinajstić information content (AvgIpc) is 3.61. The van der Waals surface area contributed by atoms with Crippen LogP contribution in [0.1, 0.15) is 80.3 Å². The van der Waals surface area contributed by atoms with Crippen LogP contribution in [0, 0.1) is 18.3 Å². The molecule has 9 nitrogen and oxygen atoms in total. The number of aliphatic carboxylic acids is 1. The first kappa shape index (κ1) is 34.7. The zero-order valence-electron chi connectivity index (χ0n) is 29.4. The second kappa shape index (κ2) is 13.5. The van der Waals surface area contributed by atoms with E-state index in [1.54, 1.807) is 30.0 Å². The molecule has 0 aliphatic carbocycles. The number of ether oxygens (including phenoxy) is 2. The van der Waals surface area contributed by atoms with Crippen LogP contribution in [-0.4, -0.2) is 58.0 Å². The van der Waals surface area contributed by atoms with Gasteiger partial charge in [-0.05, 0) is 59.2 Å². The number of carboxylic acids is 1. The van der Waals surface area contributed by atoms with Gasteiger partial charge < -0.3 is 24.8 Å².